The van der Waals surface area contributed by atoms with Crippen LogP contribution in [0.2, 0.25) is 5.02 Å². The molecule has 106 valence electrons. The smallest absolute Gasteiger partial charge is 0.164 e. The first-order valence-electron chi connectivity index (χ1n) is 5.69. The van der Waals surface area contributed by atoms with Crippen LogP contribution in [0.15, 0.2) is 34.8 Å². The molecule has 2 N–H and O–H groups in total. The van der Waals surface area contributed by atoms with Gasteiger partial charge in [0, 0.05) is 16.6 Å². The Balaban J connectivity index is 2.40. The van der Waals surface area contributed by atoms with Gasteiger partial charge in [0.25, 0.3) is 0 Å². The summed E-state index contributed by atoms with van der Waals surface area (Å²) in [6.45, 7) is 0. The molecule has 0 fully saturated rings. The highest BCUT2D eigenvalue weighted by Gasteiger charge is 2.12. The number of hydrogen-bond donors (Lipinski definition) is 1. The molecule has 2 rings (SSSR count). The fourth-order valence-electron chi connectivity index (χ4n) is 1.64. The van der Waals surface area contributed by atoms with Gasteiger partial charge in [0.15, 0.2) is 17.2 Å². The molecular weight excluding hydrogens is 346 g/mol. The summed E-state index contributed by atoms with van der Waals surface area (Å²) in [5.41, 5.74) is 6.37. The third-order valence-corrected chi connectivity index (χ3v) is 3.43. The van der Waals surface area contributed by atoms with E-state index in [0.29, 0.717) is 33.7 Å². The van der Waals surface area contributed by atoms with Crippen LogP contribution in [0.5, 0.6) is 23.0 Å². The first-order valence-corrected chi connectivity index (χ1v) is 6.86. The van der Waals surface area contributed by atoms with Crippen LogP contribution in [-0.4, -0.2) is 14.2 Å². The first kappa shape index (κ1) is 14.8. The lowest BCUT2D eigenvalue weighted by atomic mass is 10.2. The molecule has 0 unspecified atom stereocenters. The maximum absolute atomic E-state index is 6.09. The van der Waals surface area contributed by atoms with Crippen LogP contribution in [0.4, 0.5) is 5.69 Å². The first-order chi connectivity index (χ1) is 9.55. The number of ether oxygens (including phenoxy) is 3. The summed E-state index contributed by atoms with van der Waals surface area (Å²) in [6.07, 6.45) is 0. The number of anilines is 1. The van der Waals surface area contributed by atoms with Crippen molar-refractivity contribution in [2.45, 2.75) is 0 Å². The van der Waals surface area contributed by atoms with Crippen molar-refractivity contribution in [1.82, 2.24) is 0 Å². The number of halogens is 2. The summed E-state index contributed by atoms with van der Waals surface area (Å²) in [7, 11) is 3.09. The number of methoxy groups -OCH3 is 2. The monoisotopic (exact) mass is 357 g/mol. The van der Waals surface area contributed by atoms with Gasteiger partial charge >= 0.3 is 0 Å². The molecule has 6 heteroatoms. The van der Waals surface area contributed by atoms with E-state index in [2.05, 4.69) is 15.9 Å². The van der Waals surface area contributed by atoms with E-state index >= 15 is 0 Å². The lowest BCUT2D eigenvalue weighted by molar-refractivity contribution is 0.352. The summed E-state index contributed by atoms with van der Waals surface area (Å²) >= 11 is 9.45. The van der Waals surface area contributed by atoms with Crippen molar-refractivity contribution in [3.8, 4) is 23.0 Å². The molecule has 0 aromatic heterocycles. The molecule has 0 heterocycles. The van der Waals surface area contributed by atoms with Crippen molar-refractivity contribution in [2.75, 3.05) is 20.0 Å². The zero-order chi connectivity index (χ0) is 14.7. The molecule has 0 radical (unpaired) electrons. The molecule has 20 heavy (non-hydrogen) atoms. The quantitative estimate of drug-likeness (QED) is 0.818. The Labute approximate surface area is 130 Å². The summed E-state index contributed by atoms with van der Waals surface area (Å²) < 4.78 is 17.0. The highest BCUT2D eigenvalue weighted by molar-refractivity contribution is 9.10. The van der Waals surface area contributed by atoms with E-state index in [1.807, 2.05) is 6.07 Å². The van der Waals surface area contributed by atoms with Gasteiger partial charge in [-0.15, -0.1) is 0 Å². The minimum Gasteiger partial charge on any atom is -0.493 e. The highest BCUT2D eigenvalue weighted by Crippen LogP contribution is 2.40. The Morgan fingerprint density at radius 2 is 1.60 bits per heavy atom. The van der Waals surface area contributed by atoms with Gasteiger partial charge in [-0.3, -0.25) is 0 Å². The SMILES string of the molecule is COc1cc(N)c(Oc2cc(Br)ccc2Cl)cc1OC. The molecule has 0 saturated heterocycles. The minimum absolute atomic E-state index is 0.429. The number of nitrogens with two attached hydrogens (primary N) is 1. The van der Waals surface area contributed by atoms with Gasteiger partial charge in [-0.2, -0.15) is 0 Å². The lowest BCUT2D eigenvalue weighted by Gasteiger charge is -2.14. The van der Waals surface area contributed by atoms with Crippen molar-refractivity contribution in [1.29, 1.82) is 0 Å². The number of nitrogen functional groups attached to an aromatic ring is 1. The summed E-state index contributed by atoms with van der Waals surface area (Å²) in [4.78, 5) is 0. The standard InChI is InChI=1S/C14H13BrClNO3/c1-18-13-6-10(17)12(7-14(13)19-2)20-11-5-8(15)3-4-9(11)16/h3-7H,17H2,1-2H3. The van der Waals surface area contributed by atoms with Crippen molar-refractivity contribution in [3.05, 3.63) is 39.8 Å². The van der Waals surface area contributed by atoms with E-state index < -0.39 is 0 Å². The Bertz CT molecular complexity index is 634. The average molecular weight is 359 g/mol. The summed E-state index contributed by atoms with van der Waals surface area (Å²) in [6, 6.07) is 8.62. The molecule has 0 spiro atoms. The van der Waals surface area contributed by atoms with Gasteiger partial charge in [0.2, 0.25) is 0 Å². The molecule has 0 amide bonds. The van der Waals surface area contributed by atoms with Gasteiger partial charge in [0.05, 0.1) is 24.9 Å². The Hall–Kier alpha value is -1.59. The largest absolute Gasteiger partial charge is 0.493 e. The van der Waals surface area contributed by atoms with Crippen LogP contribution in [0.25, 0.3) is 0 Å². The normalized spacial score (nSPS) is 10.2. The predicted molar refractivity (Wildman–Crippen MR) is 83.2 cm³/mol. The van der Waals surface area contributed by atoms with E-state index in [9.17, 15) is 0 Å². The molecule has 0 aliphatic heterocycles. The number of rotatable bonds is 4. The van der Waals surface area contributed by atoms with Crippen LogP contribution in [0.3, 0.4) is 0 Å². The fourth-order valence-corrected chi connectivity index (χ4v) is 2.13. The second-order valence-corrected chi connectivity index (χ2v) is 5.24. The third kappa shape index (κ3) is 3.11. The molecule has 0 aliphatic carbocycles. The van der Waals surface area contributed by atoms with Crippen molar-refractivity contribution < 1.29 is 14.2 Å². The van der Waals surface area contributed by atoms with E-state index in [4.69, 9.17) is 31.5 Å². The Morgan fingerprint density at radius 3 is 2.25 bits per heavy atom. The maximum Gasteiger partial charge on any atom is 0.164 e. The predicted octanol–water partition coefficient (Wildman–Crippen LogP) is 4.49. The molecule has 0 atom stereocenters. The average Bonchev–Trinajstić information content (AvgIpc) is 2.44. The van der Waals surface area contributed by atoms with Gasteiger partial charge in [0.1, 0.15) is 5.75 Å². The molecule has 2 aromatic rings. The van der Waals surface area contributed by atoms with Crippen LogP contribution < -0.4 is 19.9 Å². The van der Waals surface area contributed by atoms with Gasteiger partial charge in [-0.05, 0) is 18.2 Å². The van der Waals surface area contributed by atoms with Crippen LogP contribution in [-0.2, 0) is 0 Å². The highest BCUT2D eigenvalue weighted by atomic mass is 79.9. The Morgan fingerprint density at radius 1 is 0.950 bits per heavy atom. The second kappa shape index (κ2) is 6.24. The Kier molecular flexibility index (Phi) is 4.62. The number of benzene rings is 2. The molecule has 2 aromatic carbocycles. The van der Waals surface area contributed by atoms with E-state index in [0.717, 1.165) is 4.47 Å². The third-order valence-electron chi connectivity index (χ3n) is 2.63. The zero-order valence-electron chi connectivity index (χ0n) is 10.9. The summed E-state index contributed by atoms with van der Waals surface area (Å²) in [5.74, 6) is 2.02. The van der Waals surface area contributed by atoms with E-state index in [1.165, 1.54) is 0 Å². The molecule has 4 nitrogen and oxygen atoms in total. The van der Waals surface area contributed by atoms with Crippen molar-refractivity contribution >= 4 is 33.2 Å². The second-order valence-electron chi connectivity index (χ2n) is 3.92. The van der Waals surface area contributed by atoms with Gasteiger partial charge in [-0.1, -0.05) is 27.5 Å². The van der Waals surface area contributed by atoms with Gasteiger partial charge < -0.3 is 19.9 Å². The van der Waals surface area contributed by atoms with Crippen LogP contribution in [0.1, 0.15) is 0 Å². The van der Waals surface area contributed by atoms with E-state index in [1.54, 1.807) is 38.5 Å². The molecule has 0 saturated carbocycles. The number of hydrogen-bond acceptors (Lipinski definition) is 4. The van der Waals surface area contributed by atoms with Crippen LogP contribution in [0, 0.1) is 0 Å². The molecule has 0 bridgehead atoms. The van der Waals surface area contributed by atoms with Crippen LogP contribution >= 0.6 is 27.5 Å². The minimum atomic E-state index is 0.429. The van der Waals surface area contributed by atoms with E-state index in [-0.39, 0.29) is 0 Å². The molecular formula is C14H13BrClNO3. The fraction of sp³-hybridized carbons (Fsp3) is 0.143. The van der Waals surface area contributed by atoms with Gasteiger partial charge in [-0.25, -0.2) is 0 Å². The van der Waals surface area contributed by atoms with Crippen molar-refractivity contribution in [2.24, 2.45) is 0 Å². The lowest BCUT2D eigenvalue weighted by Crippen LogP contribution is -1.97. The maximum atomic E-state index is 6.09. The topological polar surface area (TPSA) is 53.7 Å². The summed E-state index contributed by atoms with van der Waals surface area (Å²) in [5, 5.41) is 0.488. The van der Waals surface area contributed by atoms with Crippen molar-refractivity contribution in [3.63, 3.8) is 0 Å². The molecule has 0 aliphatic rings. The zero-order valence-corrected chi connectivity index (χ0v) is 13.3.